The molecule has 1 amide bonds. The highest BCUT2D eigenvalue weighted by atomic mass is 35.5. The number of halogens is 1. The van der Waals surface area contributed by atoms with E-state index >= 15 is 0 Å². The van der Waals surface area contributed by atoms with Crippen molar-refractivity contribution in [1.29, 1.82) is 0 Å². The van der Waals surface area contributed by atoms with Crippen LogP contribution >= 0.6 is 11.6 Å². The molecule has 0 spiro atoms. The minimum absolute atomic E-state index is 0.00333. The summed E-state index contributed by atoms with van der Waals surface area (Å²) in [4.78, 5) is 25.3. The average Bonchev–Trinajstić information content (AvgIpc) is 3.46. The van der Waals surface area contributed by atoms with Gasteiger partial charge in [0.05, 0.1) is 5.41 Å². The fourth-order valence-corrected chi connectivity index (χ4v) is 5.44. The molecule has 5 nitrogen and oxygen atoms in total. The molecule has 0 unspecified atom stereocenters. The zero-order valence-electron chi connectivity index (χ0n) is 21.5. The predicted molar refractivity (Wildman–Crippen MR) is 154 cm³/mol. The summed E-state index contributed by atoms with van der Waals surface area (Å²) in [5.41, 5.74) is 3.90. The first-order chi connectivity index (χ1) is 18.9. The molecule has 198 valence electrons. The highest BCUT2D eigenvalue weighted by Crippen LogP contribution is 2.42. The number of nitrogens with one attached hydrogen (secondary N) is 1. The van der Waals surface area contributed by atoms with E-state index in [4.69, 9.17) is 16.3 Å². The van der Waals surface area contributed by atoms with Crippen molar-refractivity contribution in [2.45, 2.75) is 43.6 Å². The predicted octanol–water partition coefficient (Wildman–Crippen LogP) is 7.53. The summed E-state index contributed by atoms with van der Waals surface area (Å²) >= 11 is 6.08. The average molecular weight is 540 g/mol. The van der Waals surface area contributed by atoms with Gasteiger partial charge in [-0.3, -0.25) is 4.79 Å². The lowest BCUT2D eigenvalue weighted by Crippen LogP contribution is -2.37. The highest BCUT2D eigenvalue weighted by Gasteiger charge is 2.42. The van der Waals surface area contributed by atoms with Crippen molar-refractivity contribution in [2.75, 3.05) is 5.32 Å². The summed E-state index contributed by atoms with van der Waals surface area (Å²) in [7, 11) is 0. The van der Waals surface area contributed by atoms with E-state index in [1.54, 1.807) is 6.07 Å². The van der Waals surface area contributed by atoms with Gasteiger partial charge in [0.1, 0.15) is 5.75 Å². The molecule has 0 aromatic heterocycles. The minimum Gasteiger partial charge on any atom is -0.478 e. The van der Waals surface area contributed by atoms with Gasteiger partial charge in [-0.2, -0.15) is 0 Å². The smallest absolute Gasteiger partial charge is 0.345 e. The van der Waals surface area contributed by atoms with Gasteiger partial charge in [-0.05, 0) is 71.5 Å². The Bertz CT molecular complexity index is 1430. The Balaban J connectivity index is 1.29. The Morgan fingerprint density at radius 1 is 0.846 bits per heavy atom. The molecule has 39 heavy (non-hydrogen) atoms. The number of carboxylic acid groups (broad SMARTS) is 1. The Morgan fingerprint density at radius 3 is 2.21 bits per heavy atom. The van der Waals surface area contributed by atoms with Gasteiger partial charge in [0.2, 0.25) is 5.91 Å². The summed E-state index contributed by atoms with van der Waals surface area (Å²) in [6.07, 6.45) is 2.93. The van der Waals surface area contributed by atoms with Crippen LogP contribution in [0.15, 0.2) is 103 Å². The lowest BCUT2D eigenvalue weighted by atomic mass is 9.78. The van der Waals surface area contributed by atoms with Crippen molar-refractivity contribution >= 4 is 29.2 Å². The number of hydrogen-bond donors (Lipinski definition) is 2. The van der Waals surface area contributed by atoms with Crippen molar-refractivity contribution < 1.29 is 19.4 Å². The molecule has 0 saturated heterocycles. The Labute approximate surface area is 233 Å². The molecular weight excluding hydrogens is 510 g/mol. The van der Waals surface area contributed by atoms with Crippen LogP contribution in [0.3, 0.4) is 0 Å². The quantitative estimate of drug-likeness (QED) is 0.230. The first-order valence-electron chi connectivity index (χ1n) is 13.1. The van der Waals surface area contributed by atoms with Crippen molar-refractivity contribution in [2.24, 2.45) is 0 Å². The third-order valence-corrected chi connectivity index (χ3v) is 7.67. The number of anilines is 1. The van der Waals surface area contributed by atoms with Crippen molar-refractivity contribution in [3.63, 3.8) is 0 Å². The normalized spacial score (nSPS) is 14.9. The maximum absolute atomic E-state index is 13.5. The SMILES string of the molecule is O=C(O)[C@@H](Cc1ccccc1)Oc1cccc(-c2ccc(NC(=O)C3(c4ccc(Cl)cc4)CCCC3)cc2)c1. The van der Waals surface area contributed by atoms with Crippen LogP contribution in [0.1, 0.15) is 36.8 Å². The second-order valence-corrected chi connectivity index (χ2v) is 10.4. The number of aliphatic carboxylic acids is 1. The molecule has 4 aromatic rings. The van der Waals surface area contributed by atoms with Gasteiger partial charge < -0.3 is 15.2 Å². The van der Waals surface area contributed by atoms with Gasteiger partial charge in [-0.15, -0.1) is 0 Å². The van der Waals surface area contributed by atoms with E-state index in [1.807, 2.05) is 97.1 Å². The number of carbonyl (C=O) groups is 2. The van der Waals surface area contributed by atoms with E-state index in [-0.39, 0.29) is 12.3 Å². The first-order valence-corrected chi connectivity index (χ1v) is 13.5. The fraction of sp³-hybridized carbons (Fsp3) is 0.212. The number of carbonyl (C=O) groups excluding carboxylic acids is 1. The van der Waals surface area contributed by atoms with Crippen molar-refractivity contribution in [3.05, 3.63) is 119 Å². The number of ether oxygens (including phenoxy) is 1. The largest absolute Gasteiger partial charge is 0.478 e. The molecule has 1 aliphatic rings. The first kappa shape index (κ1) is 26.5. The number of benzene rings is 4. The van der Waals surface area contributed by atoms with Gasteiger partial charge in [0.15, 0.2) is 6.10 Å². The third-order valence-electron chi connectivity index (χ3n) is 7.42. The van der Waals surface area contributed by atoms with E-state index in [0.717, 1.165) is 53.6 Å². The highest BCUT2D eigenvalue weighted by molar-refractivity contribution is 6.30. The number of hydrogen-bond acceptors (Lipinski definition) is 3. The zero-order valence-corrected chi connectivity index (χ0v) is 22.2. The zero-order chi connectivity index (χ0) is 27.2. The van der Waals surface area contributed by atoms with Gasteiger partial charge >= 0.3 is 5.97 Å². The minimum atomic E-state index is -1.01. The van der Waals surface area contributed by atoms with E-state index in [0.29, 0.717) is 10.8 Å². The van der Waals surface area contributed by atoms with Gasteiger partial charge in [-0.25, -0.2) is 4.79 Å². The molecule has 0 heterocycles. The Kier molecular flexibility index (Phi) is 7.99. The van der Waals surface area contributed by atoms with Crippen LogP contribution in [0.5, 0.6) is 5.75 Å². The molecule has 0 bridgehead atoms. The van der Waals surface area contributed by atoms with Gasteiger partial charge in [-0.1, -0.05) is 91.2 Å². The summed E-state index contributed by atoms with van der Waals surface area (Å²) < 4.78 is 5.87. The molecule has 5 rings (SSSR count). The molecule has 0 radical (unpaired) electrons. The fourth-order valence-electron chi connectivity index (χ4n) is 5.31. The summed E-state index contributed by atoms with van der Waals surface area (Å²) in [6.45, 7) is 0. The van der Waals surface area contributed by atoms with Crippen LogP contribution in [-0.2, 0) is 21.4 Å². The van der Waals surface area contributed by atoms with Crippen LogP contribution in [0.2, 0.25) is 5.02 Å². The molecule has 0 aliphatic heterocycles. The van der Waals surface area contributed by atoms with E-state index < -0.39 is 17.5 Å². The monoisotopic (exact) mass is 539 g/mol. The summed E-state index contributed by atoms with van der Waals surface area (Å²) in [5, 5.41) is 13.5. The second-order valence-electron chi connectivity index (χ2n) is 9.99. The third kappa shape index (κ3) is 6.15. The number of amides is 1. The summed E-state index contributed by atoms with van der Waals surface area (Å²) in [6, 6.07) is 32.1. The van der Waals surface area contributed by atoms with E-state index in [2.05, 4.69) is 5.32 Å². The second kappa shape index (κ2) is 11.7. The molecule has 6 heteroatoms. The molecule has 1 aliphatic carbocycles. The summed E-state index contributed by atoms with van der Waals surface area (Å²) in [5.74, 6) is -0.522. The van der Waals surface area contributed by atoms with Gasteiger partial charge in [0, 0.05) is 17.1 Å². The number of rotatable bonds is 9. The van der Waals surface area contributed by atoms with E-state index in [1.165, 1.54) is 0 Å². The maximum Gasteiger partial charge on any atom is 0.345 e. The van der Waals surface area contributed by atoms with Gasteiger partial charge in [0.25, 0.3) is 0 Å². The topological polar surface area (TPSA) is 75.6 Å². The van der Waals surface area contributed by atoms with Crippen LogP contribution in [0.25, 0.3) is 11.1 Å². The lowest BCUT2D eigenvalue weighted by Gasteiger charge is -2.28. The molecule has 1 atom stereocenters. The maximum atomic E-state index is 13.5. The van der Waals surface area contributed by atoms with Crippen LogP contribution < -0.4 is 10.1 Å². The molecular formula is C33H30ClNO4. The van der Waals surface area contributed by atoms with E-state index in [9.17, 15) is 14.7 Å². The van der Waals surface area contributed by atoms with Crippen LogP contribution in [0.4, 0.5) is 5.69 Å². The molecule has 4 aromatic carbocycles. The van der Waals surface area contributed by atoms with Crippen LogP contribution in [0, 0.1) is 0 Å². The number of carboxylic acids is 1. The molecule has 1 fully saturated rings. The Morgan fingerprint density at radius 2 is 1.54 bits per heavy atom. The van der Waals surface area contributed by atoms with Crippen LogP contribution in [-0.4, -0.2) is 23.1 Å². The lowest BCUT2D eigenvalue weighted by molar-refractivity contribution is -0.145. The molecule has 2 N–H and O–H groups in total. The van der Waals surface area contributed by atoms with Crippen molar-refractivity contribution in [1.82, 2.24) is 0 Å². The van der Waals surface area contributed by atoms with Crippen molar-refractivity contribution in [3.8, 4) is 16.9 Å². The Hall–Kier alpha value is -4.09. The molecule has 1 saturated carbocycles. The standard InChI is InChI=1S/C33H30ClNO4/c34-27-15-13-26(14-16-27)33(19-4-5-20-33)32(38)35-28-17-11-24(12-18-28)25-9-6-10-29(22-25)39-30(31(36)37)21-23-7-2-1-3-8-23/h1-3,6-18,22,30H,4-5,19-21H2,(H,35,38)(H,36,37)/t30-/m1/s1.